The van der Waals surface area contributed by atoms with Gasteiger partial charge in [-0.15, -0.1) is 0 Å². The van der Waals surface area contributed by atoms with Gasteiger partial charge in [0.25, 0.3) is 0 Å². The normalized spacial score (nSPS) is 15.6. The highest BCUT2D eigenvalue weighted by molar-refractivity contribution is 5.73. The number of fused-ring (bicyclic) bond motifs is 3. The van der Waals surface area contributed by atoms with Crippen LogP contribution in [0.3, 0.4) is 0 Å². The summed E-state index contributed by atoms with van der Waals surface area (Å²) in [5.74, 6) is 0.747. The number of nitrogens with one attached hydrogen (secondary N) is 1. The van der Waals surface area contributed by atoms with E-state index in [0.29, 0.717) is 17.8 Å². The summed E-state index contributed by atoms with van der Waals surface area (Å²) < 4.78 is 5.93. The minimum absolute atomic E-state index is 0.0151. The summed E-state index contributed by atoms with van der Waals surface area (Å²) in [6.07, 6.45) is -0.415. The number of aliphatic hydroxyl groups excluding tert-OH is 1. The number of nitriles is 1. The van der Waals surface area contributed by atoms with Crippen LogP contribution in [-0.2, 0) is 0 Å². The zero-order chi connectivity index (χ0) is 14.8. The number of pyridine rings is 1. The van der Waals surface area contributed by atoms with E-state index < -0.39 is 6.23 Å². The average Bonchev–Trinajstić information content (AvgIpc) is 2.52. The highest BCUT2D eigenvalue weighted by atomic mass is 16.5. The second kappa shape index (κ2) is 5.52. The summed E-state index contributed by atoms with van der Waals surface area (Å²) in [6, 6.07) is 11.6. The Balaban J connectivity index is 2.16. The molecule has 2 N–H and O–H groups in total. The van der Waals surface area contributed by atoms with Crippen molar-refractivity contribution in [3.63, 3.8) is 0 Å². The first kappa shape index (κ1) is 13.6. The number of hydrogen-bond donors (Lipinski definition) is 2. The molecular weight excluding hydrogens is 266 g/mol. The van der Waals surface area contributed by atoms with Gasteiger partial charge in [-0.3, -0.25) is 10.3 Å². The third kappa shape index (κ3) is 2.35. The Bertz CT molecular complexity index is 722. The third-order valence-electron chi connectivity index (χ3n) is 3.47. The van der Waals surface area contributed by atoms with E-state index in [1.54, 1.807) is 0 Å². The van der Waals surface area contributed by atoms with Crippen molar-refractivity contribution in [3.05, 3.63) is 47.2 Å². The van der Waals surface area contributed by atoms with E-state index in [1.807, 2.05) is 37.3 Å². The highest BCUT2D eigenvalue weighted by Gasteiger charge is 2.27. The molecule has 0 radical (unpaired) electrons. The molecule has 1 aromatic carbocycles. The van der Waals surface area contributed by atoms with Gasteiger partial charge in [-0.1, -0.05) is 12.1 Å². The van der Waals surface area contributed by atoms with Gasteiger partial charge in [0, 0.05) is 17.7 Å². The number of rotatable bonds is 3. The van der Waals surface area contributed by atoms with Gasteiger partial charge >= 0.3 is 0 Å². The fourth-order valence-electron chi connectivity index (χ4n) is 2.45. The predicted octanol–water partition coefficient (Wildman–Crippen LogP) is 1.90. The molecule has 0 saturated heterocycles. The first-order chi connectivity index (χ1) is 10.2. The van der Waals surface area contributed by atoms with E-state index in [1.165, 1.54) is 0 Å². The maximum absolute atomic E-state index is 9.19. The molecule has 5 heteroatoms. The SMILES string of the molecule is Cc1nc2c(cc1C#N)[C@@H](NCCO)Oc1ccccc1-2. The molecule has 1 aliphatic rings. The van der Waals surface area contributed by atoms with Gasteiger partial charge in [0.2, 0.25) is 0 Å². The lowest BCUT2D eigenvalue weighted by Crippen LogP contribution is -2.31. The Morgan fingerprint density at radius 2 is 2.24 bits per heavy atom. The largest absolute Gasteiger partial charge is 0.470 e. The summed E-state index contributed by atoms with van der Waals surface area (Å²) in [6.45, 7) is 2.25. The molecule has 0 saturated carbocycles. The maximum atomic E-state index is 9.19. The van der Waals surface area contributed by atoms with E-state index >= 15 is 0 Å². The Labute approximate surface area is 122 Å². The van der Waals surface area contributed by atoms with Crippen molar-refractivity contribution < 1.29 is 9.84 Å². The van der Waals surface area contributed by atoms with Crippen molar-refractivity contribution in [2.24, 2.45) is 0 Å². The average molecular weight is 281 g/mol. The second-order valence-electron chi connectivity index (χ2n) is 4.84. The van der Waals surface area contributed by atoms with Gasteiger partial charge in [0.1, 0.15) is 11.8 Å². The fraction of sp³-hybridized carbons (Fsp3) is 0.250. The standard InChI is InChI=1S/C16H15N3O2/c1-10-11(9-17)8-13-15(19-10)12-4-2-3-5-14(12)21-16(13)18-6-7-20/h2-5,8,16,18,20H,6-7H2,1H3/t16-/m0/s1. The monoisotopic (exact) mass is 281 g/mol. The molecule has 21 heavy (non-hydrogen) atoms. The number of aromatic nitrogens is 1. The Hall–Kier alpha value is -2.42. The Kier molecular flexibility index (Phi) is 3.57. The van der Waals surface area contributed by atoms with Crippen molar-refractivity contribution >= 4 is 0 Å². The molecular formula is C16H15N3O2. The molecule has 0 bridgehead atoms. The smallest absolute Gasteiger partial charge is 0.178 e. The molecule has 1 aromatic heterocycles. The fourth-order valence-corrected chi connectivity index (χ4v) is 2.45. The number of para-hydroxylation sites is 1. The molecule has 5 nitrogen and oxygen atoms in total. The summed E-state index contributed by atoms with van der Waals surface area (Å²) in [5.41, 5.74) is 3.80. The van der Waals surface area contributed by atoms with Crippen molar-refractivity contribution in [1.82, 2.24) is 10.3 Å². The van der Waals surface area contributed by atoms with Crippen LogP contribution in [0.15, 0.2) is 30.3 Å². The van der Waals surface area contributed by atoms with Crippen LogP contribution in [0.25, 0.3) is 11.3 Å². The molecule has 0 aliphatic carbocycles. The van der Waals surface area contributed by atoms with Crippen LogP contribution in [0.1, 0.15) is 23.0 Å². The van der Waals surface area contributed by atoms with E-state index in [2.05, 4.69) is 16.4 Å². The second-order valence-corrected chi connectivity index (χ2v) is 4.84. The number of nitrogens with zero attached hydrogens (tertiary/aromatic N) is 2. The Morgan fingerprint density at radius 1 is 1.43 bits per heavy atom. The van der Waals surface area contributed by atoms with Crippen LogP contribution >= 0.6 is 0 Å². The number of aryl methyl sites for hydroxylation is 1. The quantitative estimate of drug-likeness (QED) is 0.898. The van der Waals surface area contributed by atoms with Crippen molar-refractivity contribution in [2.45, 2.75) is 13.2 Å². The van der Waals surface area contributed by atoms with Gasteiger partial charge in [-0.2, -0.15) is 5.26 Å². The molecule has 2 heterocycles. The van der Waals surface area contributed by atoms with E-state index in [4.69, 9.17) is 9.84 Å². The first-order valence-corrected chi connectivity index (χ1v) is 6.76. The van der Waals surface area contributed by atoms with Gasteiger partial charge < -0.3 is 9.84 Å². The minimum atomic E-state index is -0.415. The van der Waals surface area contributed by atoms with Crippen LogP contribution in [-0.4, -0.2) is 23.2 Å². The molecule has 1 atom stereocenters. The topological polar surface area (TPSA) is 78.2 Å². The van der Waals surface area contributed by atoms with Gasteiger partial charge in [-0.25, -0.2) is 0 Å². The van der Waals surface area contributed by atoms with Crippen molar-refractivity contribution in [3.8, 4) is 23.1 Å². The molecule has 2 aromatic rings. The number of aliphatic hydroxyl groups is 1. The summed E-state index contributed by atoms with van der Waals surface area (Å²) in [4.78, 5) is 4.58. The molecule has 3 rings (SSSR count). The molecule has 0 fully saturated rings. The summed E-state index contributed by atoms with van der Waals surface area (Å²) >= 11 is 0. The van der Waals surface area contributed by atoms with Crippen LogP contribution in [0.5, 0.6) is 5.75 Å². The van der Waals surface area contributed by atoms with E-state index in [-0.39, 0.29) is 6.61 Å². The predicted molar refractivity (Wildman–Crippen MR) is 77.6 cm³/mol. The maximum Gasteiger partial charge on any atom is 0.178 e. The minimum Gasteiger partial charge on any atom is -0.470 e. The number of hydrogen-bond acceptors (Lipinski definition) is 5. The molecule has 0 spiro atoms. The van der Waals surface area contributed by atoms with Crippen LogP contribution in [0.2, 0.25) is 0 Å². The zero-order valence-corrected chi connectivity index (χ0v) is 11.6. The van der Waals surface area contributed by atoms with Crippen LogP contribution in [0.4, 0.5) is 0 Å². The molecule has 1 aliphatic heterocycles. The molecule has 0 unspecified atom stereocenters. The van der Waals surface area contributed by atoms with Crippen molar-refractivity contribution in [2.75, 3.05) is 13.2 Å². The highest BCUT2D eigenvalue weighted by Crippen LogP contribution is 2.40. The summed E-state index contributed by atoms with van der Waals surface area (Å²) in [7, 11) is 0. The Morgan fingerprint density at radius 3 is 3.00 bits per heavy atom. The first-order valence-electron chi connectivity index (χ1n) is 6.76. The van der Waals surface area contributed by atoms with E-state index in [0.717, 1.165) is 22.6 Å². The third-order valence-corrected chi connectivity index (χ3v) is 3.47. The number of benzene rings is 1. The summed E-state index contributed by atoms with van der Waals surface area (Å²) in [5, 5.41) is 21.3. The lowest BCUT2D eigenvalue weighted by molar-refractivity contribution is 0.150. The van der Waals surface area contributed by atoms with E-state index in [9.17, 15) is 5.26 Å². The molecule has 0 amide bonds. The van der Waals surface area contributed by atoms with Crippen LogP contribution in [0, 0.1) is 18.3 Å². The number of ether oxygens (including phenoxy) is 1. The van der Waals surface area contributed by atoms with Gasteiger partial charge in [0.05, 0.1) is 23.6 Å². The zero-order valence-electron chi connectivity index (χ0n) is 11.6. The van der Waals surface area contributed by atoms with Crippen LogP contribution < -0.4 is 10.1 Å². The van der Waals surface area contributed by atoms with Gasteiger partial charge in [-0.05, 0) is 25.1 Å². The van der Waals surface area contributed by atoms with Gasteiger partial charge in [0.15, 0.2) is 6.23 Å². The molecule has 106 valence electrons. The van der Waals surface area contributed by atoms with Crippen molar-refractivity contribution in [1.29, 1.82) is 5.26 Å². The lowest BCUT2D eigenvalue weighted by atomic mass is 9.98. The lowest BCUT2D eigenvalue weighted by Gasteiger charge is -2.29.